The Labute approximate surface area is 159 Å². The van der Waals surface area contributed by atoms with Gasteiger partial charge in [0, 0.05) is 25.7 Å². The second-order valence-electron chi connectivity index (χ2n) is 6.23. The number of aliphatic imine (C=N–C) groups is 1. The molecular formula is C21H25FN4O. The minimum Gasteiger partial charge on any atom is -0.497 e. The molecule has 0 spiro atoms. The topological polar surface area (TPSA) is 69.4 Å². The average molecular weight is 368 g/mol. The average Bonchev–Trinajstić information content (AvgIpc) is 2.71. The van der Waals surface area contributed by atoms with Gasteiger partial charge in [-0.3, -0.25) is 4.99 Å². The van der Waals surface area contributed by atoms with E-state index >= 15 is 0 Å². The molecule has 27 heavy (non-hydrogen) atoms. The predicted molar refractivity (Wildman–Crippen MR) is 105 cm³/mol. The lowest BCUT2D eigenvalue weighted by Crippen LogP contribution is -2.37. The maximum Gasteiger partial charge on any atom is 0.191 e. The van der Waals surface area contributed by atoms with Gasteiger partial charge < -0.3 is 15.4 Å². The number of ether oxygens (including phenoxy) is 1. The second kappa shape index (κ2) is 10.2. The SMILES string of the molecule is CN=C(NCCC(C)c1ccc(OC)cc1)NCc1cc(C#N)ccc1F. The van der Waals surface area contributed by atoms with E-state index in [1.807, 2.05) is 18.2 Å². The molecular weight excluding hydrogens is 343 g/mol. The summed E-state index contributed by atoms with van der Waals surface area (Å²) in [6.07, 6.45) is 0.922. The number of benzene rings is 2. The first-order chi connectivity index (χ1) is 13.1. The third-order valence-corrected chi connectivity index (χ3v) is 4.40. The van der Waals surface area contributed by atoms with Gasteiger partial charge in [0.15, 0.2) is 5.96 Å². The molecule has 6 heteroatoms. The van der Waals surface area contributed by atoms with Crippen molar-refractivity contribution in [3.63, 3.8) is 0 Å². The molecule has 2 N–H and O–H groups in total. The zero-order valence-corrected chi connectivity index (χ0v) is 15.9. The molecule has 1 unspecified atom stereocenters. The van der Waals surface area contributed by atoms with Crippen LogP contribution in [-0.4, -0.2) is 26.7 Å². The summed E-state index contributed by atoms with van der Waals surface area (Å²) in [7, 11) is 3.33. The van der Waals surface area contributed by atoms with Crippen LogP contribution in [0.25, 0.3) is 0 Å². The number of hydrogen-bond acceptors (Lipinski definition) is 3. The fourth-order valence-corrected chi connectivity index (χ4v) is 2.69. The molecule has 0 aliphatic rings. The minimum atomic E-state index is -0.343. The normalized spacial score (nSPS) is 12.2. The van der Waals surface area contributed by atoms with E-state index in [1.165, 1.54) is 17.7 Å². The summed E-state index contributed by atoms with van der Waals surface area (Å²) in [6.45, 7) is 3.16. The van der Waals surface area contributed by atoms with E-state index < -0.39 is 0 Å². The van der Waals surface area contributed by atoms with Crippen LogP contribution in [0.3, 0.4) is 0 Å². The van der Waals surface area contributed by atoms with Gasteiger partial charge in [0.2, 0.25) is 0 Å². The molecule has 142 valence electrons. The maximum atomic E-state index is 13.8. The highest BCUT2D eigenvalue weighted by atomic mass is 19.1. The molecule has 0 aliphatic carbocycles. The van der Waals surface area contributed by atoms with Crippen molar-refractivity contribution in [1.29, 1.82) is 5.26 Å². The lowest BCUT2D eigenvalue weighted by molar-refractivity contribution is 0.414. The summed E-state index contributed by atoms with van der Waals surface area (Å²) < 4.78 is 19.0. The Kier molecular flexibility index (Phi) is 7.63. The molecule has 0 aliphatic heterocycles. The molecule has 0 amide bonds. The van der Waals surface area contributed by atoms with Crippen LogP contribution in [0.15, 0.2) is 47.5 Å². The van der Waals surface area contributed by atoms with Crippen LogP contribution in [0.2, 0.25) is 0 Å². The summed E-state index contributed by atoms with van der Waals surface area (Å²) in [4.78, 5) is 4.16. The Balaban J connectivity index is 1.82. The van der Waals surface area contributed by atoms with Crippen molar-refractivity contribution in [2.75, 3.05) is 20.7 Å². The quantitative estimate of drug-likeness (QED) is 0.579. The molecule has 2 aromatic rings. The van der Waals surface area contributed by atoms with E-state index in [2.05, 4.69) is 34.7 Å². The first kappa shape index (κ1) is 20.2. The summed E-state index contributed by atoms with van der Waals surface area (Å²) >= 11 is 0. The van der Waals surface area contributed by atoms with Crippen molar-refractivity contribution in [2.24, 2.45) is 4.99 Å². The van der Waals surface area contributed by atoms with Crippen molar-refractivity contribution in [3.05, 3.63) is 65.0 Å². The fraction of sp³-hybridized carbons (Fsp3) is 0.333. The smallest absolute Gasteiger partial charge is 0.191 e. The van der Waals surface area contributed by atoms with E-state index in [4.69, 9.17) is 10.00 Å². The van der Waals surface area contributed by atoms with Crippen molar-refractivity contribution in [3.8, 4) is 11.8 Å². The Morgan fingerprint density at radius 1 is 1.22 bits per heavy atom. The molecule has 2 aromatic carbocycles. The highest BCUT2D eigenvalue weighted by Crippen LogP contribution is 2.21. The molecule has 0 saturated carbocycles. The van der Waals surface area contributed by atoms with Gasteiger partial charge in [-0.25, -0.2) is 4.39 Å². The third kappa shape index (κ3) is 6.00. The van der Waals surface area contributed by atoms with E-state index in [1.54, 1.807) is 20.2 Å². The lowest BCUT2D eigenvalue weighted by atomic mass is 9.98. The van der Waals surface area contributed by atoms with Crippen LogP contribution in [0.1, 0.15) is 36.0 Å². The van der Waals surface area contributed by atoms with E-state index in [0.29, 0.717) is 23.0 Å². The van der Waals surface area contributed by atoms with Gasteiger partial charge >= 0.3 is 0 Å². The number of hydrogen-bond donors (Lipinski definition) is 2. The van der Waals surface area contributed by atoms with Gasteiger partial charge in [-0.15, -0.1) is 0 Å². The van der Waals surface area contributed by atoms with Gasteiger partial charge in [-0.05, 0) is 48.2 Å². The zero-order valence-electron chi connectivity index (χ0n) is 15.9. The Hall–Kier alpha value is -3.07. The highest BCUT2D eigenvalue weighted by molar-refractivity contribution is 5.79. The molecule has 1 atom stereocenters. The molecule has 0 fully saturated rings. The molecule has 0 bridgehead atoms. The lowest BCUT2D eigenvalue weighted by Gasteiger charge is -2.16. The third-order valence-electron chi connectivity index (χ3n) is 4.40. The van der Waals surface area contributed by atoms with Crippen molar-refractivity contribution in [2.45, 2.75) is 25.8 Å². The minimum absolute atomic E-state index is 0.259. The monoisotopic (exact) mass is 368 g/mol. The van der Waals surface area contributed by atoms with Crippen LogP contribution in [0.5, 0.6) is 5.75 Å². The Morgan fingerprint density at radius 2 is 1.96 bits per heavy atom. The van der Waals surface area contributed by atoms with Crippen LogP contribution in [0, 0.1) is 17.1 Å². The maximum absolute atomic E-state index is 13.8. The molecule has 5 nitrogen and oxygen atoms in total. The second-order valence-corrected chi connectivity index (χ2v) is 6.23. The van der Waals surface area contributed by atoms with Crippen molar-refractivity contribution in [1.82, 2.24) is 10.6 Å². The number of methoxy groups -OCH3 is 1. The Bertz CT molecular complexity index is 812. The highest BCUT2D eigenvalue weighted by Gasteiger charge is 2.08. The van der Waals surface area contributed by atoms with Gasteiger partial charge in [0.25, 0.3) is 0 Å². The molecule has 0 aromatic heterocycles. The van der Waals surface area contributed by atoms with Gasteiger partial charge in [0.1, 0.15) is 11.6 Å². The summed E-state index contributed by atoms with van der Waals surface area (Å²) in [5.41, 5.74) is 2.11. The molecule has 0 heterocycles. The van der Waals surface area contributed by atoms with Crippen molar-refractivity contribution < 1.29 is 9.13 Å². The number of nitrogens with one attached hydrogen (secondary N) is 2. The van der Waals surface area contributed by atoms with Crippen LogP contribution >= 0.6 is 0 Å². The zero-order chi connectivity index (χ0) is 19.6. The predicted octanol–water partition coefficient (Wildman–Crippen LogP) is 3.56. The van der Waals surface area contributed by atoms with E-state index in [9.17, 15) is 4.39 Å². The van der Waals surface area contributed by atoms with Crippen LogP contribution in [0.4, 0.5) is 4.39 Å². The number of halogens is 1. The fourth-order valence-electron chi connectivity index (χ4n) is 2.69. The molecule has 2 rings (SSSR count). The standard InChI is InChI=1S/C21H25FN4O/c1-15(17-5-7-19(27-3)8-6-17)10-11-25-21(24-2)26-14-18-12-16(13-23)4-9-20(18)22/h4-9,12,15H,10-11,14H2,1-3H3,(H2,24,25,26). The van der Waals surface area contributed by atoms with Gasteiger partial charge in [-0.2, -0.15) is 5.26 Å². The Morgan fingerprint density at radius 3 is 2.59 bits per heavy atom. The first-order valence-corrected chi connectivity index (χ1v) is 8.84. The number of rotatable bonds is 7. The van der Waals surface area contributed by atoms with Crippen LogP contribution in [-0.2, 0) is 6.54 Å². The largest absolute Gasteiger partial charge is 0.497 e. The van der Waals surface area contributed by atoms with E-state index in [-0.39, 0.29) is 12.4 Å². The number of guanidine groups is 1. The summed E-state index contributed by atoms with van der Waals surface area (Å²) in [5.74, 6) is 1.48. The number of nitrogens with zero attached hydrogens (tertiary/aromatic N) is 2. The molecule has 0 radical (unpaired) electrons. The summed E-state index contributed by atoms with van der Waals surface area (Å²) in [6, 6.07) is 14.4. The van der Waals surface area contributed by atoms with Gasteiger partial charge in [0.05, 0.1) is 18.7 Å². The van der Waals surface area contributed by atoms with Crippen molar-refractivity contribution >= 4 is 5.96 Å². The van der Waals surface area contributed by atoms with Gasteiger partial charge in [-0.1, -0.05) is 19.1 Å². The van der Waals surface area contributed by atoms with E-state index in [0.717, 1.165) is 18.7 Å². The number of nitriles is 1. The first-order valence-electron chi connectivity index (χ1n) is 8.84. The van der Waals surface area contributed by atoms with Crippen LogP contribution < -0.4 is 15.4 Å². The molecule has 0 saturated heterocycles. The summed E-state index contributed by atoms with van der Waals surface area (Å²) in [5, 5.41) is 15.2.